The number of rotatable bonds is 3. The van der Waals surface area contributed by atoms with Crippen LogP contribution in [0.5, 0.6) is 0 Å². The van der Waals surface area contributed by atoms with E-state index >= 15 is 0 Å². The molecule has 4 rings (SSSR count). The van der Waals surface area contributed by atoms with Crippen LogP contribution in [0.2, 0.25) is 5.02 Å². The van der Waals surface area contributed by atoms with Crippen LogP contribution in [-0.2, 0) is 0 Å². The van der Waals surface area contributed by atoms with Crippen molar-refractivity contribution in [2.75, 3.05) is 26.2 Å². The van der Waals surface area contributed by atoms with Crippen molar-refractivity contribution >= 4 is 23.4 Å². The van der Waals surface area contributed by atoms with Gasteiger partial charge < -0.3 is 14.3 Å². The highest BCUT2D eigenvalue weighted by Gasteiger charge is 2.30. The average molecular weight is 424 g/mol. The van der Waals surface area contributed by atoms with Crippen LogP contribution in [0.3, 0.4) is 0 Å². The Kier molecular flexibility index (Phi) is 5.59. The molecule has 0 N–H and O–H groups in total. The lowest BCUT2D eigenvalue weighted by Gasteiger charge is -2.34. The Labute approximate surface area is 180 Å². The molecule has 1 aliphatic rings. The third-order valence-corrected chi connectivity index (χ3v) is 5.69. The van der Waals surface area contributed by atoms with Crippen molar-refractivity contribution in [3.05, 3.63) is 76.0 Å². The Morgan fingerprint density at radius 1 is 0.900 bits per heavy atom. The monoisotopic (exact) mass is 423 g/mol. The van der Waals surface area contributed by atoms with E-state index in [2.05, 4.69) is 5.16 Å². The second kappa shape index (κ2) is 8.32. The molecule has 154 valence electrons. The molecule has 2 aromatic carbocycles. The molecule has 1 fully saturated rings. The van der Waals surface area contributed by atoms with E-state index in [1.807, 2.05) is 49.4 Å². The van der Waals surface area contributed by atoms with Gasteiger partial charge in [-0.15, -0.1) is 0 Å². The first-order chi connectivity index (χ1) is 14.5. The average Bonchev–Trinajstić information content (AvgIpc) is 3.15. The van der Waals surface area contributed by atoms with Crippen LogP contribution >= 0.6 is 11.6 Å². The number of hydrogen-bond donors (Lipinski definition) is 0. The molecule has 30 heavy (non-hydrogen) atoms. The maximum atomic E-state index is 13.3. The van der Waals surface area contributed by atoms with E-state index < -0.39 is 0 Å². The van der Waals surface area contributed by atoms with Crippen molar-refractivity contribution in [3.8, 4) is 11.3 Å². The highest BCUT2D eigenvalue weighted by atomic mass is 35.5. The van der Waals surface area contributed by atoms with Gasteiger partial charge in [0.15, 0.2) is 0 Å². The van der Waals surface area contributed by atoms with Gasteiger partial charge in [0, 0.05) is 37.3 Å². The number of carbonyl (C=O) groups excluding carboxylic acids is 2. The van der Waals surface area contributed by atoms with Crippen LogP contribution in [0.15, 0.2) is 53.1 Å². The molecule has 0 spiro atoms. The summed E-state index contributed by atoms with van der Waals surface area (Å²) < 4.78 is 5.32. The van der Waals surface area contributed by atoms with E-state index in [1.165, 1.54) is 0 Å². The predicted octanol–water partition coefficient (Wildman–Crippen LogP) is 4.21. The van der Waals surface area contributed by atoms with E-state index in [1.54, 1.807) is 22.8 Å². The number of amides is 2. The first kappa shape index (κ1) is 20.2. The van der Waals surface area contributed by atoms with Gasteiger partial charge in [-0.2, -0.15) is 0 Å². The molecule has 0 radical (unpaired) electrons. The summed E-state index contributed by atoms with van der Waals surface area (Å²) in [6, 6.07) is 14.8. The van der Waals surface area contributed by atoms with Gasteiger partial charge in [0.25, 0.3) is 11.8 Å². The Morgan fingerprint density at radius 3 is 2.13 bits per heavy atom. The summed E-state index contributed by atoms with van der Waals surface area (Å²) in [6.45, 7) is 5.56. The number of benzene rings is 2. The normalized spacial score (nSPS) is 14.1. The molecule has 0 unspecified atom stereocenters. The minimum atomic E-state index is -0.161. The Balaban J connectivity index is 1.49. The molecule has 0 bridgehead atoms. The fraction of sp³-hybridized carbons (Fsp3) is 0.261. The lowest BCUT2D eigenvalue weighted by Crippen LogP contribution is -2.50. The third kappa shape index (κ3) is 3.83. The maximum Gasteiger partial charge on any atom is 0.259 e. The van der Waals surface area contributed by atoms with Crippen LogP contribution in [0.4, 0.5) is 0 Å². The molecule has 2 heterocycles. The lowest BCUT2D eigenvalue weighted by atomic mass is 10.0. The van der Waals surface area contributed by atoms with Crippen LogP contribution < -0.4 is 0 Å². The third-order valence-electron chi connectivity index (χ3n) is 5.36. The van der Waals surface area contributed by atoms with Gasteiger partial charge in [-0.3, -0.25) is 9.59 Å². The van der Waals surface area contributed by atoms with Crippen LogP contribution in [0.1, 0.15) is 32.0 Å². The zero-order chi connectivity index (χ0) is 21.3. The minimum absolute atomic E-state index is 0.0139. The van der Waals surface area contributed by atoms with Crippen molar-refractivity contribution in [1.29, 1.82) is 0 Å². The van der Waals surface area contributed by atoms with Gasteiger partial charge in [0.05, 0.1) is 5.02 Å². The highest BCUT2D eigenvalue weighted by Crippen LogP contribution is 2.32. The molecule has 0 aliphatic carbocycles. The lowest BCUT2D eigenvalue weighted by molar-refractivity contribution is 0.0534. The smallest absolute Gasteiger partial charge is 0.259 e. The summed E-state index contributed by atoms with van der Waals surface area (Å²) in [5, 5.41) is 4.59. The number of halogens is 1. The van der Waals surface area contributed by atoms with Gasteiger partial charge >= 0.3 is 0 Å². The summed E-state index contributed by atoms with van der Waals surface area (Å²) in [4.78, 5) is 29.5. The van der Waals surface area contributed by atoms with Crippen LogP contribution in [-0.4, -0.2) is 52.9 Å². The molecular formula is C23H22ClN3O3. The fourth-order valence-electron chi connectivity index (χ4n) is 3.61. The van der Waals surface area contributed by atoms with Gasteiger partial charge in [-0.05, 0) is 32.0 Å². The summed E-state index contributed by atoms with van der Waals surface area (Å²) in [5.74, 6) is 0.277. The van der Waals surface area contributed by atoms with E-state index in [9.17, 15) is 9.59 Å². The number of aryl methyl sites for hydroxylation is 2. The second-order valence-electron chi connectivity index (χ2n) is 7.39. The highest BCUT2D eigenvalue weighted by molar-refractivity contribution is 6.33. The van der Waals surface area contributed by atoms with Gasteiger partial charge in [0.1, 0.15) is 17.0 Å². The number of nitrogens with zero attached hydrogens (tertiary/aromatic N) is 3. The number of carbonyl (C=O) groups is 2. The zero-order valence-corrected chi connectivity index (χ0v) is 17.6. The van der Waals surface area contributed by atoms with E-state index in [0.29, 0.717) is 59.3 Å². The summed E-state index contributed by atoms with van der Waals surface area (Å²) in [7, 11) is 0. The van der Waals surface area contributed by atoms with E-state index in [4.69, 9.17) is 16.1 Å². The molecule has 7 heteroatoms. The largest absolute Gasteiger partial charge is 0.360 e. The van der Waals surface area contributed by atoms with Gasteiger partial charge in [-0.25, -0.2) is 0 Å². The molecule has 1 saturated heterocycles. The second-order valence-corrected chi connectivity index (χ2v) is 7.80. The maximum absolute atomic E-state index is 13.3. The molecule has 0 atom stereocenters. The SMILES string of the molecule is Cc1ccc(C(=O)N2CCN(C(=O)c3c(-c4ccccc4Cl)noc3C)CC2)cc1. The van der Waals surface area contributed by atoms with E-state index in [0.717, 1.165) is 5.56 Å². The zero-order valence-electron chi connectivity index (χ0n) is 16.9. The first-order valence-electron chi connectivity index (χ1n) is 9.82. The molecule has 1 aromatic heterocycles. The number of hydrogen-bond acceptors (Lipinski definition) is 4. The van der Waals surface area contributed by atoms with E-state index in [-0.39, 0.29) is 11.8 Å². The Bertz CT molecular complexity index is 1080. The Morgan fingerprint density at radius 2 is 1.50 bits per heavy atom. The Hall–Kier alpha value is -3.12. The van der Waals surface area contributed by atoms with Crippen molar-refractivity contribution in [1.82, 2.24) is 15.0 Å². The predicted molar refractivity (Wildman–Crippen MR) is 115 cm³/mol. The van der Waals surface area contributed by atoms with Gasteiger partial charge in [-0.1, -0.05) is 52.7 Å². The van der Waals surface area contributed by atoms with Crippen molar-refractivity contribution in [2.24, 2.45) is 0 Å². The minimum Gasteiger partial charge on any atom is -0.360 e. The number of aromatic nitrogens is 1. The molecule has 0 saturated carbocycles. The van der Waals surface area contributed by atoms with Crippen molar-refractivity contribution in [2.45, 2.75) is 13.8 Å². The summed E-state index contributed by atoms with van der Waals surface area (Å²) in [6.07, 6.45) is 0. The first-order valence-corrected chi connectivity index (χ1v) is 10.2. The standard InChI is InChI=1S/C23H22ClN3O3/c1-15-7-9-17(10-8-15)22(28)26-11-13-27(14-12-26)23(29)20-16(2)30-25-21(20)18-5-3-4-6-19(18)24/h3-10H,11-14H2,1-2H3. The number of piperazine rings is 1. The molecule has 3 aromatic rings. The summed E-state index contributed by atoms with van der Waals surface area (Å²) >= 11 is 6.30. The van der Waals surface area contributed by atoms with Crippen molar-refractivity contribution in [3.63, 3.8) is 0 Å². The van der Waals surface area contributed by atoms with Crippen molar-refractivity contribution < 1.29 is 14.1 Å². The van der Waals surface area contributed by atoms with Crippen LogP contribution in [0, 0.1) is 13.8 Å². The molecule has 2 amide bonds. The topological polar surface area (TPSA) is 66.7 Å². The summed E-state index contributed by atoms with van der Waals surface area (Å²) in [5.41, 5.74) is 3.30. The molecular weight excluding hydrogens is 402 g/mol. The molecule has 1 aliphatic heterocycles. The van der Waals surface area contributed by atoms with Gasteiger partial charge in [0.2, 0.25) is 0 Å². The van der Waals surface area contributed by atoms with Crippen LogP contribution in [0.25, 0.3) is 11.3 Å². The fourth-order valence-corrected chi connectivity index (χ4v) is 3.84. The molecule has 6 nitrogen and oxygen atoms in total. The quantitative estimate of drug-likeness (QED) is 0.632.